The fraction of sp³-hybridized carbons (Fsp3) is 0.385. The van der Waals surface area contributed by atoms with Gasteiger partial charge in [0.2, 0.25) is 0 Å². The van der Waals surface area contributed by atoms with E-state index in [9.17, 15) is 4.79 Å². The van der Waals surface area contributed by atoms with Crippen LogP contribution in [0.5, 0.6) is 0 Å². The van der Waals surface area contributed by atoms with Gasteiger partial charge < -0.3 is 10.1 Å². The molecule has 0 spiro atoms. The second kappa shape index (κ2) is 6.16. The van der Waals surface area contributed by atoms with Gasteiger partial charge in [-0.05, 0) is 25.5 Å². The van der Waals surface area contributed by atoms with E-state index in [1.54, 1.807) is 18.3 Å². The summed E-state index contributed by atoms with van der Waals surface area (Å²) >= 11 is 0. The van der Waals surface area contributed by atoms with Gasteiger partial charge in [0.25, 0.3) is 5.91 Å². The number of amides is 1. The van der Waals surface area contributed by atoms with Crippen LogP contribution in [0, 0.1) is 0 Å². The Morgan fingerprint density at radius 2 is 2.39 bits per heavy atom. The minimum atomic E-state index is -0.0667. The summed E-state index contributed by atoms with van der Waals surface area (Å²) in [6.07, 6.45) is 2.56. The van der Waals surface area contributed by atoms with Crippen LogP contribution in [-0.2, 0) is 4.74 Å². The van der Waals surface area contributed by atoms with Crippen molar-refractivity contribution in [2.24, 2.45) is 0 Å². The van der Waals surface area contributed by atoms with Crippen molar-refractivity contribution in [3.05, 3.63) is 30.0 Å². The van der Waals surface area contributed by atoms with E-state index in [1.165, 1.54) is 0 Å². The van der Waals surface area contributed by atoms with Crippen LogP contribution in [0.15, 0.2) is 24.4 Å². The Morgan fingerprint density at radius 1 is 1.50 bits per heavy atom. The molecule has 1 aromatic carbocycles. The van der Waals surface area contributed by atoms with Gasteiger partial charge in [-0.1, -0.05) is 6.07 Å². The molecule has 0 aliphatic carbocycles. The predicted octanol–water partition coefficient (Wildman–Crippen LogP) is 1.72. The molecule has 1 amide bonds. The van der Waals surface area contributed by atoms with Gasteiger partial charge in [0.1, 0.15) is 0 Å². The lowest BCUT2D eigenvalue weighted by atomic mass is 10.1. The molecule has 0 aliphatic rings. The first-order valence-corrected chi connectivity index (χ1v) is 6.10. The molecule has 96 valence electrons. The van der Waals surface area contributed by atoms with Crippen molar-refractivity contribution < 1.29 is 9.53 Å². The van der Waals surface area contributed by atoms with Crippen LogP contribution in [0.1, 0.15) is 23.7 Å². The van der Waals surface area contributed by atoms with Crippen LogP contribution in [0.4, 0.5) is 0 Å². The maximum Gasteiger partial charge on any atom is 0.251 e. The summed E-state index contributed by atoms with van der Waals surface area (Å²) in [5, 5.41) is 10.6. The lowest BCUT2D eigenvalue weighted by Crippen LogP contribution is -2.25. The van der Waals surface area contributed by atoms with Gasteiger partial charge in [-0.25, -0.2) is 0 Å². The maximum atomic E-state index is 11.9. The third-order valence-corrected chi connectivity index (χ3v) is 2.66. The fourth-order valence-corrected chi connectivity index (χ4v) is 1.70. The zero-order chi connectivity index (χ0) is 12.8. The summed E-state index contributed by atoms with van der Waals surface area (Å²) in [6.45, 7) is 3.97. The Bertz CT molecular complexity index is 522. The van der Waals surface area contributed by atoms with E-state index in [0.717, 1.165) is 17.3 Å². The van der Waals surface area contributed by atoms with Crippen molar-refractivity contribution in [3.8, 4) is 0 Å². The zero-order valence-electron chi connectivity index (χ0n) is 10.4. The van der Waals surface area contributed by atoms with Crippen molar-refractivity contribution in [2.45, 2.75) is 13.3 Å². The average Bonchev–Trinajstić information content (AvgIpc) is 2.85. The number of aromatic nitrogens is 2. The van der Waals surface area contributed by atoms with Crippen molar-refractivity contribution in [2.75, 3.05) is 19.8 Å². The van der Waals surface area contributed by atoms with Crippen molar-refractivity contribution in [1.82, 2.24) is 15.5 Å². The molecule has 1 aromatic heterocycles. The molecule has 0 bridgehead atoms. The van der Waals surface area contributed by atoms with Crippen LogP contribution >= 0.6 is 0 Å². The number of carbonyl (C=O) groups excluding carboxylic acids is 1. The number of ether oxygens (including phenoxy) is 1. The van der Waals surface area contributed by atoms with Gasteiger partial charge in [0.15, 0.2) is 0 Å². The number of H-pyrrole nitrogens is 1. The van der Waals surface area contributed by atoms with Crippen molar-refractivity contribution >= 4 is 16.8 Å². The Balaban J connectivity index is 1.88. The summed E-state index contributed by atoms with van der Waals surface area (Å²) in [6, 6.07) is 5.49. The molecule has 5 nitrogen and oxygen atoms in total. The third-order valence-electron chi connectivity index (χ3n) is 2.66. The molecule has 2 rings (SSSR count). The minimum absolute atomic E-state index is 0.0667. The zero-order valence-corrected chi connectivity index (χ0v) is 10.4. The molecule has 0 atom stereocenters. The van der Waals surface area contributed by atoms with Gasteiger partial charge in [-0.15, -0.1) is 0 Å². The lowest BCUT2D eigenvalue weighted by Gasteiger charge is -2.05. The number of rotatable bonds is 6. The van der Waals surface area contributed by atoms with E-state index in [1.807, 2.05) is 13.0 Å². The van der Waals surface area contributed by atoms with Crippen LogP contribution in [0.3, 0.4) is 0 Å². The van der Waals surface area contributed by atoms with E-state index in [2.05, 4.69) is 15.5 Å². The highest BCUT2D eigenvalue weighted by Crippen LogP contribution is 2.12. The monoisotopic (exact) mass is 247 g/mol. The standard InChI is InChI=1S/C13H17N3O2/c1-2-18-7-3-6-14-13(17)10-4-5-11-9-15-16-12(11)8-10/h4-5,8-9H,2-3,6-7H2,1H3,(H,14,17)(H,15,16). The molecular weight excluding hydrogens is 230 g/mol. The Labute approximate surface area is 106 Å². The minimum Gasteiger partial charge on any atom is -0.382 e. The van der Waals surface area contributed by atoms with Gasteiger partial charge >= 0.3 is 0 Å². The first-order chi connectivity index (χ1) is 8.81. The number of benzene rings is 1. The summed E-state index contributed by atoms with van der Waals surface area (Å²) in [5.41, 5.74) is 1.51. The summed E-state index contributed by atoms with van der Waals surface area (Å²) in [4.78, 5) is 11.9. The first-order valence-electron chi connectivity index (χ1n) is 6.10. The molecule has 0 aliphatic heterocycles. The molecule has 2 N–H and O–H groups in total. The number of hydrogen-bond acceptors (Lipinski definition) is 3. The molecular formula is C13H17N3O2. The van der Waals surface area contributed by atoms with Crippen LogP contribution in [0.25, 0.3) is 10.9 Å². The molecule has 18 heavy (non-hydrogen) atoms. The molecule has 0 saturated heterocycles. The number of carbonyl (C=O) groups is 1. The molecule has 0 unspecified atom stereocenters. The summed E-state index contributed by atoms with van der Waals surface area (Å²) in [7, 11) is 0. The lowest BCUT2D eigenvalue weighted by molar-refractivity contribution is 0.0944. The summed E-state index contributed by atoms with van der Waals surface area (Å²) < 4.78 is 5.20. The van der Waals surface area contributed by atoms with Gasteiger partial charge in [-0.2, -0.15) is 5.10 Å². The van der Waals surface area contributed by atoms with Gasteiger partial charge in [-0.3, -0.25) is 9.89 Å². The quantitative estimate of drug-likeness (QED) is 0.764. The predicted molar refractivity (Wildman–Crippen MR) is 69.5 cm³/mol. The molecule has 0 saturated carbocycles. The first kappa shape index (κ1) is 12.6. The number of nitrogens with one attached hydrogen (secondary N) is 2. The topological polar surface area (TPSA) is 67.0 Å². The van der Waals surface area contributed by atoms with Crippen molar-refractivity contribution in [3.63, 3.8) is 0 Å². The van der Waals surface area contributed by atoms with Gasteiger partial charge in [0, 0.05) is 30.7 Å². The highest BCUT2D eigenvalue weighted by molar-refractivity contribution is 5.97. The number of nitrogens with zero attached hydrogens (tertiary/aromatic N) is 1. The second-order valence-corrected chi connectivity index (χ2v) is 3.98. The smallest absolute Gasteiger partial charge is 0.251 e. The van der Waals surface area contributed by atoms with E-state index in [0.29, 0.717) is 25.3 Å². The Morgan fingerprint density at radius 3 is 3.22 bits per heavy atom. The Kier molecular flexibility index (Phi) is 4.30. The average molecular weight is 247 g/mol. The van der Waals surface area contributed by atoms with E-state index < -0.39 is 0 Å². The van der Waals surface area contributed by atoms with E-state index in [-0.39, 0.29) is 5.91 Å². The molecule has 0 radical (unpaired) electrons. The second-order valence-electron chi connectivity index (χ2n) is 3.98. The molecule has 1 heterocycles. The fourth-order valence-electron chi connectivity index (χ4n) is 1.70. The molecule has 5 heteroatoms. The highest BCUT2D eigenvalue weighted by atomic mass is 16.5. The number of fused-ring (bicyclic) bond motifs is 1. The van der Waals surface area contributed by atoms with Crippen molar-refractivity contribution in [1.29, 1.82) is 0 Å². The highest BCUT2D eigenvalue weighted by Gasteiger charge is 2.06. The Hall–Kier alpha value is -1.88. The van der Waals surface area contributed by atoms with Crippen LogP contribution < -0.4 is 5.32 Å². The van der Waals surface area contributed by atoms with E-state index in [4.69, 9.17) is 4.74 Å². The third kappa shape index (κ3) is 3.07. The normalized spacial score (nSPS) is 10.7. The van der Waals surface area contributed by atoms with Crippen LogP contribution in [-0.4, -0.2) is 35.9 Å². The maximum absolute atomic E-state index is 11.9. The van der Waals surface area contributed by atoms with Gasteiger partial charge in [0.05, 0.1) is 11.7 Å². The molecule has 0 fully saturated rings. The molecule has 2 aromatic rings. The SMILES string of the molecule is CCOCCCNC(=O)c1ccc2cn[nH]c2c1. The number of hydrogen-bond donors (Lipinski definition) is 2. The largest absolute Gasteiger partial charge is 0.382 e. The number of aromatic amines is 1. The summed E-state index contributed by atoms with van der Waals surface area (Å²) in [5.74, 6) is -0.0667. The van der Waals surface area contributed by atoms with E-state index >= 15 is 0 Å². The van der Waals surface area contributed by atoms with Crippen LogP contribution in [0.2, 0.25) is 0 Å².